The molecule has 2 aromatic carbocycles. The standard InChI is InChI=1S/C19H20Cl2N2O4S/c1-12(18-6-3-9-27-18)22-19(24)13-4-2-5-14(10-13)23-28(25,26)15-7-8-16(20)17(21)11-15/h2,4-5,7-8,10-12,18,23H,3,6,9H2,1H3,(H,22,24)/t12-,18+/m0/s1. The Balaban J connectivity index is 1.73. The summed E-state index contributed by atoms with van der Waals surface area (Å²) < 4.78 is 33.2. The average Bonchev–Trinajstić information content (AvgIpc) is 3.18. The van der Waals surface area contributed by atoms with E-state index in [1.54, 1.807) is 18.2 Å². The van der Waals surface area contributed by atoms with E-state index in [2.05, 4.69) is 10.0 Å². The molecule has 1 saturated heterocycles. The van der Waals surface area contributed by atoms with E-state index < -0.39 is 10.0 Å². The second-order valence-electron chi connectivity index (χ2n) is 6.58. The third-order valence-electron chi connectivity index (χ3n) is 4.46. The molecule has 1 fully saturated rings. The molecular weight excluding hydrogens is 423 g/mol. The normalized spacial score (nSPS) is 17.9. The maximum atomic E-state index is 12.6. The number of amides is 1. The van der Waals surface area contributed by atoms with E-state index >= 15 is 0 Å². The first-order valence-corrected chi connectivity index (χ1v) is 11.0. The first kappa shape index (κ1) is 20.9. The van der Waals surface area contributed by atoms with Gasteiger partial charge in [-0.2, -0.15) is 0 Å². The average molecular weight is 443 g/mol. The summed E-state index contributed by atoms with van der Waals surface area (Å²) in [6, 6.07) is 10.2. The molecule has 9 heteroatoms. The van der Waals surface area contributed by atoms with Gasteiger partial charge in [-0.05, 0) is 56.2 Å². The van der Waals surface area contributed by atoms with Crippen LogP contribution in [0.1, 0.15) is 30.1 Å². The molecule has 1 aliphatic heterocycles. The fraction of sp³-hybridized carbons (Fsp3) is 0.316. The molecule has 6 nitrogen and oxygen atoms in total. The second-order valence-corrected chi connectivity index (χ2v) is 9.07. The van der Waals surface area contributed by atoms with Crippen molar-refractivity contribution in [3.05, 3.63) is 58.1 Å². The summed E-state index contributed by atoms with van der Waals surface area (Å²) >= 11 is 11.7. The Labute approximate surface area is 174 Å². The maximum Gasteiger partial charge on any atom is 0.261 e. The molecule has 28 heavy (non-hydrogen) atoms. The zero-order valence-electron chi connectivity index (χ0n) is 15.1. The Morgan fingerprint density at radius 3 is 2.64 bits per heavy atom. The van der Waals surface area contributed by atoms with Gasteiger partial charge < -0.3 is 10.1 Å². The third-order valence-corrected chi connectivity index (χ3v) is 6.58. The lowest BCUT2D eigenvalue weighted by Gasteiger charge is -2.20. The zero-order chi connectivity index (χ0) is 20.3. The van der Waals surface area contributed by atoms with Gasteiger partial charge in [0.05, 0.1) is 27.1 Å². The molecule has 1 aliphatic rings. The van der Waals surface area contributed by atoms with Gasteiger partial charge in [0.15, 0.2) is 0 Å². The van der Waals surface area contributed by atoms with Gasteiger partial charge in [-0.1, -0.05) is 29.3 Å². The van der Waals surface area contributed by atoms with Crippen molar-refractivity contribution in [1.29, 1.82) is 0 Å². The van der Waals surface area contributed by atoms with E-state index in [0.29, 0.717) is 12.2 Å². The summed E-state index contributed by atoms with van der Waals surface area (Å²) in [7, 11) is -3.88. The van der Waals surface area contributed by atoms with Gasteiger partial charge in [0, 0.05) is 17.9 Å². The summed E-state index contributed by atoms with van der Waals surface area (Å²) in [4.78, 5) is 12.5. The van der Waals surface area contributed by atoms with E-state index in [9.17, 15) is 13.2 Å². The van der Waals surface area contributed by atoms with Gasteiger partial charge in [0.25, 0.3) is 15.9 Å². The first-order chi connectivity index (χ1) is 13.3. The van der Waals surface area contributed by atoms with Crippen LogP contribution in [0.5, 0.6) is 0 Å². The van der Waals surface area contributed by atoms with Crippen molar-refractivity contribution in [1.82, 2.24) is 5.32 Å². The van der Waals surface area contributed by atoms with Crippen molar-refractivity contribution in [2.24, 2.45) is 0 Å². The lowest BCUT2D eigenvalue weighted by Crippen LogP contribution is -2.40. The van der Waals surface area contributed by atoms with Crippen LogP contribution in [0.3, 0.4) is 0 Å². The summed E-state index contributed by atoms with van der Waals surface area (Å²) in [5.74, 6) is -0.293. The number of nitrogens with one attached hydrogen (secondary N) is 2. The molecule has 0 saturated carbocycles. The molecule has 2 aromatic rings. The lowest BCUT2D eigenvalue weighted by atomic mass is 10.1. The van der Waals surface area contributed by atoms with Gasteiger partial charge in [-0.15, -0.1) is 0 Å². The zero-order valence-corrected chi connectivity index (χ0v) is 17.4. The van der Waals surface area contributed by atoms with Crippen LogP contribution in [0.15, 0.2) is 47.4 Å². The second kappa shape index (κ2) is 8.69. The summed E-state index contributed by atoms with van der Waals surface area (Å²) in [5, 5.41) is 3.30. The van der Waals surface area contributed by atoms with Crippen LogP contribution in [-0.4, -0.2) is 33.1 Å². The van der Waals surface area contributed by atoms with E-state index in [1.807, 2.05) is 6.92 Å². The molecule has 0 bridgehead atoms. The third kappa shape index (κ3) is 4.97. The Kier molecular flexibility index (Phi) is 6.50. The Morgan fingerprint density at radius 2 is 1.96 bits per heavy atom. The van der Waals surface area contributed by atoms with Crippen molar-refractivity contribution in [3.63, 3.8) is 0 Å². The molecule has 3 rings (SSSR count). The maximum absolute atomic E-state index is 12.6. The lowest BCUT2D eigenvalue weighted by molar-refractivity contribution is 0.0712. The first-order valence-electron chi connectivity index (χ1n) is 8.77. The molecule has 0 aliphatic carbocycles. The van der Waals surface area contributed by atoms with Gasteiger partial charge in [-0.3, -0.25) is 9.52 Å². The van der Waals surface area contributed by atoms with E-state index in [1.165, 1.54) is 24.3 Å². The van der Waals surface area contributed by atoms with E-state index in [-0.39, 0.29) is 38.7 Å². The highest BCUT2D eigenvalue weighted by atomic mass is 35.5. The summed E-state index contributed by atoms with van der Waals surface area (Å²) in [5.41, 5.74) is 0.614. The monoisotopic (exact) mass is 442 g/mol. The number of ether oxygens (including phenoxy) is 1. The Morgan fingerprint density at radius 1 is 1.18 bits per heavy atom. The van der Waals surface area contributed by atoms with Crippen LogP contribution in [0.4, 0.5) is 5.69 Å². The van der Waals surface area contributed by atoms with Crippen LogP contribution >= 0.6 is 23.2 Å². The molecule has 0 spiro atoms. The van der Waals surface area contributed by atoms with Gasteiger partial charge in [0.1, 0.15) is 0 Å². The number of carbonyl (C=O) groups is 1. The fourth-order valence-electron chi connectivity index (χ4n) is 2.96. The predicted molar refractivity (Wildman–Crippen MR) is 110 cm³/mol. The number of carbonyl (C=O) groups excluding carboxylic acids is 1. The minimum atomic E-state index is -3.88. The number of halogens is 2. The van der Waals surface area contributed by atoms with Crippen molar-refractivity contribution in [2.75, 3.05) is 11.3 Å². The van der Waals surface area contributed by atoms with Crippen molar-refractivity contribution < 1.29 is 17.9 Å². The van der Waals surface area contributed by atoms with Gasteiger partial charge in [-0.25, -0.2) is 8.42 Å². The molecule has 1 amide bonds. The number of hydrogen-bond donors (Lipinski definition) is 2. The van der Waals surface area contributed by atoms with Crippen LogP contribution in [0, 0.1) is 0 Å². The number of benzene rings is 2. The molecular formula is C19H20Cl2N2O4S. The highest BCUT2D eigenvalue weighted by Crippen LogP contribution is 2.26. The molecule has 2 atom stereocenters. The SMILES string of the molecule is C[C@H](NC(=O)c1cccc(NS(=O)(=O)c2ccc(Cl)c(Cl)c2)c1)[C@H]1CCCO1. The Hall–Kier alpha value is -1.80. The fourth-order valence-corrected chi connectivity index (χ4v) is 4.40. The number of hydrogen-bond acceptors (Lipinski definition) is 4. The van der Waals surface area contributed by atoms with Crippen LogP contribution in [0.25, 0.3) is 0 Å². The highest BCUT2D eigenvalue weighted by molar-refractivity contribution is 7.92. The summed E-state index contributed by atoms with van der Waals surface area (Å²) in [6.45, 7) is 2.60. The molecule has 0 aromatic heterocycles. The van der Waals surface area contributed by atoms with Crippen molar-refractivity contribution >= 4 is 44.8 Å². The predicted octanol–water partition coefficient (Wildman–Crippen LogP) is 4.09. The molecule has 150 valence electrons. The molecule has 0 radical (unpaired) electrons. The highest BCUT2D eigenvalue weighted by Gasteiger charge is 2.24. The van der Waals surface area contributed by atoms with Gasteiger partial charge >= 0.3 is 0 Å². The molecule has 0 unspecified atom stereocenters. The van der Waals surface area contributed by atoms with Gasteiger partial charge in [0.2, 0.25) is 0 Å². The minimum Gasteiger partial charge on any atom is -0.376 e. The van der Waals surface area contributed by atoms with Crippen LogP contribution < -0.4 is 10.0 Å². The number of anilines is 1. The quantitative estimate of drug-likeness (QED) is 0.705. The number of sulfonamides is 1. The van der Waals surface area contributed by atoms with Crippen molar-refractivity contribution in [3.8, 4) is 0 Å². The largest absolute Gasteiger partial charge is 0.376 e. The number of rotatable bonds is 6. The van der Waals surface area contributed by atoms with Crippen LogP contribution in [0.2, 0.25) is 10.0 Å². The smallest absolute Gasteiger partial charge is 0.261 e. The molecule has 1 heterocycles. The topological polar surface area (TPSA) is 84.5 Å². The minimum absolute atomic E-state index is 0.000267. The van der Waals surface area contributed by atoms with Crippen molar-refractivity contribution in [2.45, 2.75) is 36.8 Å². The summed E-state index contributed by atoms with van der Waals surface area (Å²) in [6.07, 6.45) is 1.89. The molecule has 2 N–H and O–H groups in total. The van der Waals surface area contributed by atoms with E-state index in [4.69, 9.17) is 27.9 Å². The van der Waals surface area contributed by atoms with Crippen LogP contribution in [-0.2, 0) is 14.8 Å². The van der Waals surface area contributed by atoms with E-state index in [0.717, 1.165) is 12.8 Å². The Bertz CT molecular complexity index is 976.